The number of alkyl halides is 1. The Bertz CT molecular complexity index is 1020. The summed E-state index contributed by atoms with van der Waals surface area (Å²) in [5, 5.41) is 60.8. The smallest absolute Gasteiger partial charge is 0.330 e. The number of hydrogen-bond donors (Lipinski definition) is 6. The van der Waals surface area contributed by atoms with Gasteiger partial charge in [0, 0.05) is 12.0 Å². The number of rotatable bonds is 8. The number of fused-ring (bicyclic) bond motifs is 1. The maximum absolute atomic E-state index is 12.4. The van der Waals surface area contributed by atoms with Crippen molar-refractivity contribution in [2.24, 2.45) is 11.8 Å². The fraction of sp³-hybridized carbons (Fsp3) is 0.560. The molecule has 0 aromatic heterocycles. The molecular formula is C25H31ClO12. The predicted molar refractivity (Wildman–Crippen MR) is 129 cm³/mol. The van der Waals surface area contributed by atoms with Crippen LogP contribution in [0.15, 0.2) is 42.7 Å². The van der Waals surface area contributed by atoms with Gasteiger partial charge in [-0.05, 0) is 29.8 Å². The van der Waals surface area contributed by atoms with E-state index in [2.05, 4.69) is 0 Å². The van der Waals surface area contributed by atoms with E-state index in [9.17, 15) is 35.4 Å². The number of aliphatic hydroxyl groups is 6. The Morgan fingerprint density at radius 1 is 1.08 bits per heavy atom. The van der Waals surface area contributed by atoms with Crippen LogP contribution in [0.25, 0.3) is 6.08 Å². The highest BCUT2D eigenvalue weighted by Gasteiger charge is 2.64. The molecule has 2 aliphatic heterocycles. The Kier molecular flexibility index (Phi) is 8.97. The van der Waals surface area contributed by atoms with Gasteiger partial charge >= 0.3 is 5.97 Å². The van der Waals surface area contributed by atoms with Crippen LogP contribution in [0.5, 0.6) is 5.75 Å². The summed E-state index contributed by atoms with van der Waals surface area (Å²) in [4.78, 5) is 12.4. The maximum atomic E-state index is 12.4. The third-order valence-corrected chi connectivity index (χ3v) is 7.70. The summed E-state index contributed by atoms with van der Waals surface area (Å²) in [6.45, 7) is -1.30. The molecule has 0 amide bonds. The second kappa shape index (κ2) is 11.9. The van der Waals surface area contributed by atoms with Crippen molar-refractivity contribution in [1.29, 1.82) is 0 Å². The number of aliphatic hydroxyl groups excluding tert-OH is 5. The Morgan fingerprint density at radius 2 is 1.79 bits per heavy atom. The minimum atomic E-state index is -2.04. The van der Waals surface area contributed by atoms with Crippen LogP contribution in [0.1, 0.15) is 5.56 Å². The second-order valence-corrected chi connectivity index (χ2v) is 9.84. The van der Waals surface area contributed by atoms with E-state index in [4.69, 9.17) is 35.3 Å². The highest BCUT2D eigenvalue weighted by atomic mass is 35.5. The first kappa shape index (κ1) is 28.7. The van der Waals surface area contributed by atoms with Crippen molar-refractivity contribution >= 4 is 23.6 Å². The highest BCUT2D eigenvalue weighted by molar-refractivity contribution is 6.22. The van der Waals surface area contributed by atoms with Crippen molar-refractivity contribution < 1.29 is 59.1 Å². The minimum absolute atomic E-state index is 0.628. The van der Waals surface area contributed by atoms with Gasteiger partial charge in [-0.15, -0.1) is 11.6 Å². The lowest BCUT2D eigenvalue weighted by atomic mass is 9.84. The third kappa shape index (κ3) is 5.55. The van der Waals surface area contributed by atoms with Crippen molar-refractivity contribution in [2.75, 3.05) is 20.3 Å². The number of carbonyl (C=O) groups is 1. The largest absolute Gasteiger partial charge is 0.497 e. The number of hydrogen-bond acceptors (Lipinski definition) is 12. The topological polar surface area (TPSA) is 185 Å². The summed E-state index contributed by atoms with van der Waals surface area (Å²) < 4.78 is 26.9. The van der Waals surface area contributed by atoms with Crippen molar-refractivity contribution in [1.82, 2.24) is 0 Å². The van der Waals surface area contributed by atoms with Crippen LogP contribution in [-0.4, -0.2) is 111 Å². The number of ether oxygens (including phenoxy) is 5. The summed E-state index contributed by atoms with van der Waals surface area (Å²) in [5.41, 5.74) is -1.34. The molecule has 11 atom stereocenters. The Labute approximate surface area is 223 Å². The van der Waals surface area contributed by atoms with Gasteiger partial charge in [0.1, 0.15) is 42.4 Å². The number of esters is 1. The van der Waals surface area contributed by atoms with Crippen LogP contribution in [0.4, 0.5) is 0 Å². The fourth-order valence-corrected chi connectivity index (χ4v) is 5.26. The zero-order chi connectivity index (χ0) is 27.6. The lowest BCUT2D eigenvalue weighted by molar-refractivity contribution is -0.347. The average Bonchev–Trinajstić information content (AvgIpc) is 3.13. The molecule has 0 spiro atoms. The van der Waals surface area contributed by atoms with Gasteiger partial charge in [-0.25, -0.2) is 4.79 Å². The van der Waals surface area contributed by atoms with Crippen molar-refractivity contribution in [3.8, 4) is 5.75 Å². The Hall–Kier alpha value is -2.26. The van der Waals surface area contributed by atoms with E-state index in [0.29, 0.717) is 11.3 Å². The first-order valence-corrected chi connectivity index (χ1v) is 12.4. The number of halogens is 1. The molecule has 1 saturated carbocycles. The molecule has 2 heterocycles. The number of methoxy groups -OCH3 is 1. The zero-order valence-corrected chi connectivity index (χ0v) is 21.1. The van der Waals surface area contributed by atoms with Crippen LogP contribution in [-0.2, 0) is 23.7 Å². The summed E-state index contributed by atoms with van der Waals surface area (Å²) in [6, 6.07) is 6.90. The Balaban J connectivity index is 1.47. The van der Waals surface area contributed by atoms with Gasteiger partial charge in [-0.2, -0.15) is 0 Å². The first-order chi connectivity index (χ1) is 18.1. The summed E-state index contributed by atoms with van der Waals surface area (Å²) >= 11 is 6.40. The average molecular weight is 559 g/mol. The normalized spacial score (nSPS) is 40.5. The van der Waals surface area contributed by atoms with Crippen LogP contribution in [0.2, 0.25) is 0 Å². The molecule has 1 saturated heterocycles. The molecule has 210 valence electrons. The second-order valence-electron chi connectivity index (χ2n) is 9.37. The zero-order valence-electron chi connectivity index (χ0n) is 20.3. The van der Waals surface area contributed by atoms with Gasteiger partial charge in [0.25, 0.3) is 0 Å². The molecule has 2 fully saturated rings. The van der Waals surface area contributed by atoms with Crippen LogP contribution in [0.3, 0.4) is 0 Å². The van der Waals surface area contributed by atoms with Gasteiger partial charge < -0.3 is 54.3 Å². The molecule has 1 aromatic carbocycles. The molecule has 12 nitrogen and oxygen atoms in total. The van der Waals surface area contributed by atoms with E-state index in [1.165, 1.54) is 25.5 Å². The standard InChI is InChI=1S/C25H31ClO12/c1-34-13-5-2-12(3-6-13)4-7-16(28)36-11-25(33)17-14(18(29)22(25)26)8-9-35-23(17)38-24-21(32)20(31)19(30)15(10-27)37-24/h2-9,14-15,17-24,27,29-33H,10-11H2,1H3/b7-4+/t14-,15-,17-,18+,19-,20+,21-,22-,23+,24+,25-/m1/s1. The van der Waals surface area contributed by atoms with Crippen molar-refractivity contribution in [3.63, 3.8) is 0 Å². The monoisotopic (exact) mass is 558 g/mol. The Morgan fingerprint density at radius 3 is 2.45 bits per heavy atom. The molecule has 1 aliphatic carbocycles. The van der Waals surface area contributed by atoms with Crippen LogP contribution >= 0.6 is 11.6 Å². The van der Waals surface area contributed by atoms with Crippen LogP contribution < -0.4 is 4.74 Å². The molecule has 0 unspecified atom stereocenters. The van der Waals surface area contributed by atoms with E-state index < -0.39 is 85.1 Å². The number of benzene rings is 1. The summed E-state index contributed by atoms with van der Waals surface area (Å²) in [7, 11) is 1.54. The lowest BCUT2D eigenvalue weighted by Crippen LogP contribution is -2.61. The molecular weight excluding hydrogens is 528 g/mol. The van der Waals surface area contributed by atoms with E-state index in [1.54, 1.807) is 24.3 Å². The number of carbonyl (C=O) groups excluding carboxylic acids is 1. The predicted octanol–water partition coefficient (Wildman–Crippen LogP) is -1.12. The highest BCUT2D eigenvalue weighted by Crippen LogP contribution is 2.49. The van der Waals surface area contributed by atoms with Gasteiger partial charge in [0.05, 0.1) is 37.4 Å². The molecule has 4 rings (SSSR count). The summed E-state index contributed by atoms with van der Waals surface area (Å²) in [5.74, 6) is -2.02. The van der Waals surface area contributed by atoms with Gasteiger partial charge in [0.2, 0.25) is 6.29 Å². The molecule has 6 N–H and O–H groups in total. The maximum Gasteiger partial charge on any atom is 0.330 e. The van der Waals surface area contributed by atoms with E-state index in [1.807, 2.05) is 0 Å². The van der Waals surface area contributed by atoms with Gasteiger partial charge in [0.15, 0.2) is 6.29 Å². The van der Waals surface area contributed by atoms with Crippen LogP contribution in [0, 0.1) is 11.8 Å². The van der Waals surface area contributed by atoms with Crippen molar-refractivity contribution in [2.45, 2.75) is 54.1 Å². The molecule has 0 radical (unpaired) electrons. The lowest BCUT2D eigenvalue weighted by Gasteiger charge is -2.44. The van der Waals surface area contributed by atoms with Gasteiger partial charge in [-0.3, -0.25) is 0 Å². The fourth-order valence-electron chi connectivity index (χ4n) is 4.89. The van der Waals surface area contributed by atoms with Gasteiger partial charge in [-0.1, -0.05) is 12.1 Å². The molecule has 0 bridgehead atoms. The SMILES string of the molecule is COc1ccc(/C=C/C(=O)OC[C@@]2(O)[C@H]3[C@H](O[C@@H]4O[C@H](CO)[C@@H](O)[C@H](O)[C@H]4O)OC=C[C@H]3[C@H](O)[C@H]2Cl)cc1. The van der Waals surface area contributed by atoms with E-state index >= 15 is 0 Å². The molecule has 1 aromatic rings. The molecule has 3 aliphatic rings. The molecule has 38 heavy (non-hydrogen) atoms. The first-order valence-electron chi connectivity index (χ1n) is 11.9. The van der Waals surface area contributed by atoms with Crippen molar-refractivity contribution in [3.05, 3.63) is 48.2 Å². The quantitative estimate of drug-likeness (QED) is 0.128. The van der Waals surface area contributed by atoms with E-state index in [0.717, 1.165) is 6.08 Å². The summed E-state index contributed by atoms with van der Waals surface area (Å²) in [6.07, 6.45) is -5.14. The minimum Gasteiger partial charge on any atom is -0.497 e. The van der Waals surface area contributed by atoms with E-state index in [-0.39, 0.29) is 0 Å². The molecule has 13 heteroatoms. The third-order valence-electron chi connectivity index (χ3n) is 7.06.